The molecule has 7 nitrogen and oxygen atoms in total. The van der Waals surface area contributed by atoms with Gasteiger partial charge in [0.05, 0.1) is 36.6 Å². The number of carbonyl (C=O) groups excluding carboxylic acids is 1. The lowest BCUT2D eigenvalue weighted by atomic mass is 10.1. The molecule has 0 fully saturated rings. The van der Waals surface area contributed by atoms with Gasteiger partial charge in [-0.05, 0) is 51.8 Å². The van der Waals surface area contributed by atoms with Gasteiger partial charge in [-0.15, -0.1) is 0 Å². The van der Waals surface area contributed by atoms with Crippen LogP contribution in [-0.2, 0) is 17.8 Å². The van der Waals surface area contributed by atoms with Gasteiger partial charge in [-0.1, -0.05) is 0 Å². The number of nitriles is 1. The van der Waals surface area contributed by atoms with Gasteiger partial charge in [0.25, 0.3) is 0 Å². The number of aryl methyl sites for hydroxylation is 2. The lowest BCUT2D eigenvalue weighted by Crippen LogP contribution is -2.22. The zero-order valence-corrected chi connectivity index (χ0v) is 16.6. The summed E-state index contributed by atoms with van der Waals surface area (Å²) in [6.45, 7) is 10.5. The molecule has 0 aliphatic heterocycles. The first-order valence-electron chi connectivity index (χ1n) is 9.40. The molecule has 2 heterocycles. The van der Waals surface area contributed by atoms with E-state index >= 15 is 0 Å². The van der Waals surface area contributed by atoms with Crippen LogP contribution in [0.1, 0.15) is 43.6 Å². The molecule has 0 saturated heterocycles. The zero-order valence-electron chi connectivity index (χ0n) is 16.6. The highest BCUT2D eigenvalue weighted by Crippen LogP contribution is 2.17. The fourth-order valence-corrected chi connectivity index (χ4v) is 3.13. The minimum Gasteiger partial charge on any atom is -0.357 e. The first-order valence-corrected chi connectivity index (χ1v) is 9.40. The molecule has 0 unspecified atom stereocenters. The molecule has 2 aromatic heterocycles. The summed E-state index contributed by atoms with van der Waals surface area (Å²) in [6, 6.07) is 5.94. The smallest absolute Gasteiger partial charge is 0.224 e. The first kappa shape index (κ1) is 20.4. The van der Waals surface area contributed by atoms with Crippen molar-refractivity contribution in [1.29, 1.82) is 5.26 Å². The van der Waals surface area contributed by atoms with Crippen LogP contribution in [0.15, 0.2) is 18.3 Å². The Bertz CT molecular complexity index is 799. The number of pyridine rings is 1. The maximum Gasteiger partial charge on any atom is 0.224 e. The summed E-state index contributed by atoms with van der Waals surface area (Å²) in [5, 5.41) is 16.1. The lowest BCUT2D eigenvalue weighted by molar-refractivity contribution is -0.116. The third-order valence-corrected chi connectivity index (χ3v) is 4.69. The van der Waals surface area contributed by atoms with Crippen LogP contribution in [0.25, 0.3) is 0 Å². The fourth-order valence-electron chi connectivity index (χ4n) is 3.13. The fraction of sp³-hybridized carbons (Fsp3) is 0.500. The van der Waals surface area contributed by atoms with E-state index in [1.807, 2.05) is 30.7 Å². The van der Waals surface area contributed by atoms with Crippen LogP contribution in [-0.4, -0.2) is 33.8 Å². The standard InChI is InChI=1S/C20H28N6O/c1-5-25(6-2)19-10-8-17(14-22-19)23-20(27)11-9-18-15(3)24-26(16(18)4)13-7-12-21/h8,10,14H,5-7,9,11,13H2,1-4H3,(H,23,27). The second-order valence-corrected chi connectivity index (χ2v) is 6.41. The van der Waals surface area contributed by atoms with E-state index in [4.69, 9.17) is 5.26 Å². The number of rotatable bonds is 9. The van der Waals surface area contributed by atoms with Crippen LogP contribution < -0.4 is 10.2 Å². The van der Waals surface area contributed by atoms with Crippen LogP contribution >= 0.6 is 0 Å². The van der Waals surface area contributed by atoms with Gasteiger partial charge in [0.15, 0.2) is 0 Å². The Morgan fingerprint density at radius 3 is 2.63 bits per heavy atom. The topological polar surface area (TPSA) is 86.8 Å². The van der Waals surface area contributed by atoms with Crippen molar-refractivity contribution < 1.29 is 4.79 Å². The van der Waals surface area contributed by atoms with E-state index < -0.39 is 0 Å². The molecule has 2 aromatic rings. The first-order chi connectivity index (χ1) is 13.0. The quantitative estimate of drug-likeness (QED) is 0.734. The van der Waals surface area contributed by atoms with Crippen LogP contribution in [0, 0.1) is 25.2 Å². The average molecular weight is 368 g/mol. The van der Waals surface area contributed by atoms with Crippen LogP contribution in [0.4, 0.5) is 11.5 Å². The number of aromatic nitrogens is 3. The number of hydrogen-bond donors (Lipinski definition) is 1. The molecule has 7 heteroatoms. The van der Waals surface area contributed by atoms with Crippen molar-refractivity contribution in [2.45, 2.75) is 53.5 Å². The Labute approximate surface area is 161 Å². The Kier molecular flexibility index (Phi) is 7.35. The molecule has 1 amide bonds. The van der Waals surface area contributed by atoms with Crippen molar-refractivity contribution >= 4 is 17.4 Å². The van der Waals surface area contributed by atoms with Gasteiger partial charge in [0, 0.05) is 25.2 Å². The summed E-state index contributed by atoms with van der Waals surface area (Å²) in [5.41, 5.74) is 3.73. The Hall–Kier alpha value is -2.88. The minimum atomic E-state index is -0.0454. The molecule has 2 rings (SSSR count). The van der Waals surface area contributed by atoms with Crippen molar-refractivity contribution in [3.63, 3.8) is 0 Å². The summed E-state index contributed by atoms with van der Waals surface area (Å²) < 4.78 is 1.85. The normalized spacial score (nSPS) is 10.5. The highest BCUT2D eigenvalue weighted by Gasteiger charge is 2.13. The van der Waals surface area contributed by atoms with Gasteiger partial charge in [0.2, 0.25) is 5.91 Å². The predicted octanol–water partition coefficient (Wildman–Crippen LogP) is 3.23. The summed E-state index contributed by atoms with van der Waals surface area (Å²) in [4.78, 5) is 18.9. The molecule has 1 N–H and O–H groups in total. The molecule has 0 saturated carbocycles. The number of nitrogens with zero attached hydrogens (tertiary/aromatic N) is 5. The summed E-state index contributed by atoms with van der Waals surface area (Å²) in [5.74, 6) is 0.866. The average Bonchev–Trinajstić information content (AvgIpc) is 2.93. The molecule has 0 aliphatic carbocycles. The molecule has 0 spiro atoms. The van der Waals surface area contributed by atoms with Crippen LogP contribution in [0.3, 0.4) is 0 Å². The maximum absolute atomic E-state index is 12.3. The second kappa shape index (κ2) is 9.72. The Morgan fingerprint density at radius 2 is 2.04 bits per heavy atom. The van der Waals surface area contributed by atoms with E-state index in [-0.39, 0.29) is 5.91 Å². The minimum absolute atomic E-state index is 0.0454. The highest BCUT2D eigenvalue weighted by atomic mass is 16.1. The molecule has 27 heavy (non-hydrogen) atoms. The van der Waals surface area contributed by atoms with E-state index in [0.29, 0.717) is 31.5 Å². The number of hydrogen-bond acceptors (Lipinski definition) is 5. The Balaban J connectivity index is 1.93. The third kappa shape index (κ3) is 5.30. The van der Waals surface area contributed by atoms with Gasteiger partial charge < -0.3 is 10.2 Å². The van der Waals surface area contributed by atoms with Gasteiger partial charge >= 0.3 is 0 Å². The Morgan fingerprint density at radius 1 is 1.30 bits per heavy atom. The molecule has 144 valence electrons. The number of nitrogens with one attached hydrogen (secondary N) is 1. The lowest BCUT2D eigenvalue weighted by Gasteiger charge is -2.19. The van der Waals surface area contributed by atoms with Crippen molar-refractivity contribution in [3.8, 4) is 6.07 Å². The van der Waals surface area contributed by atoms with Crippen molar-refractivity contribution in [3.05, 3.63) is 35.3 Å². The monoisotopic (exact) mass is 368 g/mol. The molecule has 0 atom stereocenters. The second-order valence-electron chi connectivity index (χ2n) is 6.41. The number of carbonyl (C=O) groups is 1. The van der Waals surface area contributed by atoms with Gasteiger partial charge in [-0.3, -0.25) is 9.48 Å². The maximum atomic E-state index is 12.3. The van der Waals surface area contributed by atoms with Crippen molar-refractivity contribution in [2.24, 2.45) is 0 Å². The largest absolute Gasteiger partial charge is 0.357 e. The molecule has 0 bridgehead atoms. The summed E-state index contributed by atoms with van der Waals surface area (Å²) >= 11 is 0. The van der Waals surface area contributed by atoms with E-state index in [0.717, 1.165) is 35.9 Å². The SMILES string of the molecule is CCN(CC)c1ccc(NC(=O)CCc2c(C)nn(CCC#N)c2C)cn1. The summed E-state index contributed by atoms with van der Waals surface area (Å²) in [6.07, 6.45) is 3.13. The van der Waals surface area contributed by atoms with Gasteiger partial charge in [-0.2, -0.15) is 10.4 Å². The predicted molar refractivity (Wildman–Crippen MR) is 107 cm³/mol. The van der Waals surface area contributed by atoms with Crippen LogP contribution in [0.2, 0.25) is 0 Å². The molecular formula is C20H28N6O. The van der Waals surface area contributed by atoms with E-state index in [9.17, 15) is 4.79 Å². The highest BCUT2D eigenvalue weighted by molar-refractivity contribution is 5.90. The number of amides is 1. The number of anilines is 2. The molecule has 0 radical (unpaired) electrons. The molecule has 0 aliphatic rings. The molecular weight excluding hydrogens is 340 g/mol. The van der Waals surface area contributed by atoms with Crippen LogP contribution in [0.5, 0.6) is 0 Å². The zero-order chi connectivity index (χ0) is 19.8. The van der Waals surface area contributed by atoms with E-state index in [1.54, 1.807) is 6.20 Å². The summed E-state index contributed by atoms with van der Waals surface area (Å²) in [7, 11) is 0. The van der Waals surface area contributed by atoms with Crippen molar-refractivity contribution in [1.82, 2.24) is 14.8 Å². The van der Waals surface area contributed by atoms with Gasteiger partial charge in [-0.25, -0.2) is 4.98 Å². The van der Waals surface area contributed by atoms with E-state index in [2.05, 4.69) is 40.2 Å². The van der Waals surface area contributed by atoms with Gasteiger partial charge in [0.1, 0.15) is 5.82 Å². The third-order valence-electron chi connectivity index (χ3n) is 4.69. The van der Waals surface area contributed by atoms with Crippen molar-refractivity contribution in [2.75, 3.05) is 23.3 Å². The van der Waals surface area contributed by atoms with E-state index in [1.165, 1.54) is 0 Å². The molecule has 0 aromatic carbocycles.